The molecule has 0 aromatic heterocycles. The molecule has 1 saturated heterocycles. The van der Waals surface area contributed by atoms with Crippen molar-refractivity contribution in [3.8, 4) is 0 Å². The van der Waals surface area contributed by atoms with Crippen LogP contribution in [0.1, 0.15) is 26.2 Å². The molecule has 19 heavy (non-hydrogen) atoms. The van der Waals surface area contributed by atoms with Gasteiger partial charge < -0.3 is 15.1 Å². The van der Waals surface area contributed by atoms with E-state index in [2.05, 4.69) is 46.3 Å². The molecule has 1 fully saturated rings. The maximum Gasteiger partial charge on any atom is 0.0605 e. The Balaban J connectivity index is 1.65. The maximum absolute atomic E-state index is 3.53. The Labute approximate surface area is 116 Å². The van der Waals surface area contributed by atoms with Gasteiger partial charge in [0.15, 0.2) is 0 Å². The van der Waals surface area contributed by atoms with Gasteiger partial charge in [0.1, 0.15) is 0 Å². The molecule has 0 bridgehead atoms. The Morgan fingerprint density at radius 2 is 1.89 bits per heavy atom. The number of nitrogens with zero attached hydrogens (tertiary/aromatic N) is 2. The van der Waals surface area contributed by atoms with E-state index in [-0.39, 0.29) is 0 Å². The number of rotatable bonds is 3. The second kappa shape index (κ2) is 5.83. The molecule has 2 aliphatic rings. The first kappa shape index (κ1) is 12.8. The molecule has 1 N–H and O–H groups in total. The second-order valence-corrected chi connectivity index (χ2v) is 5.84. The average Bonchev–Trinajstić information content (AvgIpc) is 2.47. The molecule has 0 amide bonds. The van der Waals surface area contributed by atoms with Crippen LogP contribution in [-0.2, 0) is 0 Å². The molecule has 3 nitrogen and oxygen atoms in total. The van der Waals surface area contributed by atoms with Crippen LogP contribution in [0, 0.1) is 0 Å². The lowest BCUT2D eigenvalue weighted by Gasteiger charge is -2.39. The lowest BCUT2D eigenvalue weighted by atomic mass is 10.1. The lowest BCUT2D eigenvalue weighted by molar-refractivity contribution is 0.232. The monoisotopic (exact) mass is 259 g/mol. The molecule has 0 spiro atoms. The fraction of sp³-hybridized carbons (Fsp3) is 0.625. The first-order valence-electron chi connectivity index (χ1n) is 7.66. The van der Waals surface area contributed by atoms with E-state index < -0.39 is 0 Å². The summed E-state index contributed by atoms with van der Waals surface area (Å²) in [5, 5.41) is 3.53. The quantitative estimate of drug-likeness (QED) is 0.900. The van der Waals surface area contributed by atoms with Crippen LogP contribution in [0.3, 0.4) is 0 Å². The van der Waals surface area contributed by atoms with Gasteiger partial charge in [0.2, 0.25) is 0 Å². The van der Waals surface area contributed by atoms with Gasteiger partial charge in [-0.2, -0.15) is 0 Å². The SMILES string of the molecule is CC1CNc2ccccc2N1CCN1CCCCC1. The van der Waals surface area contributed by atoms with E-state index in [9.17, 15) is 0 Å². The van der Waals surface area contributed by atoms with Crippen molar-refractivity contribution in [2.75, 3.05) is 42.9 Å². The molecule has 0 aliphatic carbocycles. The highest BCUT2D eigenvalue weighted by atomic mass is 15.2. The summed E-state index contributed by atoms with van der Waals surface area (Å²) in [5.41, 5.74) is 2.66. The third kappa shape index (κ3) is 2.86. The van der Waals surface area contributed by atoms with Gasteiger partial charge in [-0.1, -0.05) is 18.6 Å². The van der Waals surface area contributed by atoms with Gasteiger partial charge in [0.05, 0.1) is 11.4 Å². The van der Waals surface area contributed by atoms with Crippen LogP contribution in [0.15, 0.2) is 24.3 Å². The van der Waals surface area contributed by atoms with E-state index >= 15 is 0 Å². The molecule has 2 aliphatic heterocycles. The predicted molar refractivity (Wildman–Crippen MR) is 82.0 cm³/mol. The lowest BCUT2D eigenvalue weighted by Crippen LogP contribution is -2.46. The van der Waals surface area contributed by atoms with Crippen LogP contribution in [0.25, 0.3) is 0 Å². The number of anilines is 2. The van der Waals surface area contributed by atoms with E-state index in [0.717, 1.165) is 13.1 Å². The molecule has 2 heterocycles. The number of piperidine rings is 1. The number of fused-ring (bicyclic) bond motifs is 1. The summed E-state index contributed by atoms with van der Waals surface area (Å²) in [4.78, 5) is 5.20. The van der Waals surface area contributed by atoms with Crippen LogP contribution < -0.4 is 10.2 Å². The molecule has 1 aromatic carbocycles. The fourth-order valence-electron chi connectivity index (χ4n) is 3.25. The minimum atomic E-state index is 0.583. The first-order chi connectivity index (χ1) is 9.34. The van der Waals surface area contributed by atoms with Crippen molar-refractivity contribution in [2.24, 2.45) is 0 Å². The zero-order chi connectivity index (χ0) is 13.1. The van der Waals surface area contributed by atoms with Gasteiger partial charge in [-0.3, -0.25) is 0 Å². The van der Waals surface area contributed by atoms with Crippen LogP contribution in [0.4, 0.5) is 11.4 Å². The molecule has 3 heteroatoms. The smallest absolute Gasteiger partial charge is 0.0605 e. The third-order valence-electron chi connectivity index (χ3n) is 4.44. The van der Waals surface area contributed by atoms with Crippen LogP contribution >= 0.6 is 0 Å². The Hall–Kier alpha value is -1.22. The molecule has 0 saturated carbocycles. The minimum absolute atomic E-state index is 0.583. The van der Waals surface area contributed by atoms with Gasteiger partial charge >= 0.3 is 0 Å². The molecular weight excluding hydrogens is 234 g/mol. The summed E-state index contributed by atoms with van der Waals surface area (Å²) in [7, 11) is 0. The number of benzene rings is 1. The summed E-state index contributed by atoms with van der Waals surface area (Å²) in [6.07, 6.45) is 4.19. The number of hydrogen-bond donors (Lipinski definition) is 1. The van der Waals surface area contributed by atoms with Gasteiger partial charge in [-0.25, -0.2) is 0 Å². The molecule has 104 valence electrons. The zero-order valence-corrected chi connectivity index (χ0v) is 11.9. The summed E-state index contributed by atoms with van der Waals surface area (Å²) in [6, 6.07) is 9.28. The average molecular weight is 259 g/mol. The van der Waals surface area contributed by atoms with Gasteiger partial charge in [-0.15, -0.1) is 0 Å². The Morgan fingerprint density at radius 3 is 2.74 bits per heavy atom. The highest BCUT2D eigenvalue weighted by Gasteiger charge is 2.22. The zero-order valence-electron chi connectivity index (χ0n) is 11.9. The predicted octanol–water partition coefficient (Wildman–Crippen LogP) is 2.79. The molecule has 0 radical (unpaired) electrons. The van der Waals surface area contributed by atoms with E-state index in [0.29, 0.717) is 6.04 Å². The van der Waals surface area contributed by atoms with E-state index in [1.165, 1.54) is 50.3 Å². The van der Waals surface area contributed by atoms with Gasteiger partial charge in [0, 0.05) is 25.7 Å². The molecule has 1 aromatic rings. The summed E-state index contributed by atoms with van der Waals surface area (Å²) in [5.74, 6) is 0. The van der Waals surface area contributed by atoms with Crippen molar-refractivity contribution in [1.82, 2.24) is 4.90 Å². The summed E-state index contributed by atoms with van der Waals surface area (Å²) < 4.78 is 0. The summed E-state index contributed by atoms with van der Waals surface area (Å²) >= 11 is 0. The maximum atomic E-state index is 3.53. The number of likely N-dealkylation sites (tertiary alicyclic amines) is 1. The van der Waals surface area contributed by atoms with E-state index in [1.807, 2.05) is 0 Å². The van der Waals surface area contributed by atoms with E-state index in [4.69, 9.17) is 0 Å². The van der Waals surface area contributed by atoms with Crippen molar-refractivity contribution < 1.29 is 0 Å². The van der Waals surface area contributed by atoms with Crippen LogP contribution in [0.5, 0.6) is 0 Å². The van der Waals surface area contributed by atoms with Crippen molar-refractivity contribution in [3.63, 3.8) is 0 Å². The Morgan fingerprint density at radius 1 is 1.11 bits per heavy atom. The van der Waals surface area contributed by atoms with Crippen molar-refractivity contribution in [2.45, 2.75) is 32.2 Å². The molecule has 3 rings (SSSR count). The Kier molecular flexibility index (Phi) is 3.92. The number of para-hydroxylation sites is 2. The summed E-state index contributed by atoms with van der Waals surface area (Å²) in [6.45, 7) is 8.32. The third-order valence-corrected chi connectivity index (χ3v) is 4.44. The number of hydrogen-bond acceptors (Lipinski definition) is 3. The molecule has 1 atom stereocenters. The molecule has 1 unspecified atom stereocenters. The molecular formula is C16H25N3. The Bertz CT molecular complexity index is 412. The minimum Gasteiger partial charge on any atom is -0.381 e. The van der Waals surface area contributed by atoms with Crippen molar-refractivity contribution in [3.05, 3.63) is 24.3 Å². The topological polar surface area (TPSA) is 18.5 Å². The normalized spacial score (nSPS) is 23.8. The van der Waals surface area contributed by atoms with Crippen LogP contribution in [-0.4, -0.2) is 43.7 Å². The highest BCUT2D eigenvalue weighted by molar-refractivity contribution is 5.72. The largest absolute Gasteiger partial charge is 0.381 e. The van der Waals surface area contributed by atoms with Gasteiger partial charge in [-0.05, 0) is 45.0 Å². The fourth-order valence-corrected chi connectivity index (χ4v) is 3.25. The number of nitrogens with one attached hydrogen (secondary N) is 1. The van der Waals surface area contributed by atoms with Crippen molar-refractivity contribution in [1.29, 1.82) is 0 Å². The van der Waals surface area contributed by atoms with Crippen molar-refractivity contribution >= 4 is 11.4 Å². The van der Waals surface area contributed by atoms with E-state index in [1.54, 1.807) is 0 Å². The highest BCUT2D eigenvalue weighted by Crippen LogP contribution is 2.30. The van der Waals surface area contributed by atoms with Gasteiger partial charge in [0.25, 0.3) is 0 Å². The second-order valence-electron chi connectivity index (χ2n) is 5.84. The van der Waals surface area contributed by atoms with Crippen LogP contribution in [0.2, 0.25) is 0 Å². The first-order valence-corrected chi connectivity index (χ1v) is 7.66. The standard InChI is InChI=1S/C16H25N3/c1-14-13-17-15-7-3-4-8-16(15)19(14)12-11-18-9-5-2-6-10-18/h3-4,7-8,14,17H,2,5-6,9-13H2,1H3.